The molecule has 0 saturated heterocycles. The fourth-order valence-corrected chi connectivity index (χ4v) is 2.06. The molecule has 1 heterocycles. The van der Waals surface area contributed by atoms with E-state index < -0.39 is 12.0 Å². The number of carbonyl (C=O) groups is 2. The van der Waals surface area contributed by atoms with Crippen LogP contribution in [0, 0.1) is 0 Å². The summed E-state index contributed by atoms with van der Waals surface area (Å²) in [5.74, 6) is -1.77. The van der Waals surface area contributed by atoms with Crippen LogP contribution in [0.3, 0.4) is 0 Å². The van der Waals surface area contributed by atoms with Crippen molar-refractivity contribution in [3.63, 3.8) is 0 Å². The first-order valence-electron chi connectivity index (χ1n) is 5.10. The van der Waals surface area contributed by atoms with Crippen molar-refractivity contribution in [3.8, 4) is 0 Å². The summed E-state index contributed by atoms with van der Waals surface area (Å²) in [5.41, 5.74) is 0.883. The summed E-state index contributed by atoms with van der Waals surface area (Å²) in [6.45, 7) is 1.69. The minimum Gasteiger partial charge on any atom is -0.480 e. The normalized spacial score (nSPS) is 14.0. The number of aliphatic carboxylic acids is 1. The van der Waals surface area contributed by atoms with Crippen LogP contribution < -0.4 is 5.32 Å². The molecule has 1 amide bonds. The molecular formula is C11H15NO4S. The zero-order chi connectivity index (χ0) is 12.8. The Morgan fingerprint density at radius 3 is 2.76 bits per heavy atom. The number of hydrogen-bond acceptors (Lipinski definition) is 4. The molecule has 2 atom stereocenters. The molecule has 0 spiro atoms. The summed E-state index contributed by atoms with van der Waals surface area (Å²) < 4.78 is 4.74. The first kappa shape index (κ1) is 13.7. The van der Waals surface area contributed by atoms with E-state index in [1.807, 2.05) is 16.8 Å². The van der Waals surface area contributed by atoms with Crippen molar-refractivity contribution in [2.24, 2.45) is 0 Å². The van der Waals surface area contributed by atoms with Crippen molar-refractivity contribution < 1.29 is 19.4 Å². The van der Waals surface area contributed by atoms with Gasteiger partial charge >= 0.3 is 5.97 Å². The molecule has 17 heavy (non-hydrogen) atoms. The third kappa shape index (κ3) is 3.83. The monoisotopic (exact) mass is 257 g/mol. The highest BCUT2D eigenvalue weighted by atomic mass is 32.1. The summed E-state index contributed by atoms with van der Waals surface area (Å²) in [5, 5.41) is 15.1. The highest BCUT2D eigenvalue weighted by Crippen LogP contribution is 2.18. The lowest BCUT2D eigenvalue weighted by Crippen LogP contribution is -2.45. The molecule has 1 rings (SSSR count). The van der Waals surface area contributed by atoms with Gasteiger partial charge in [-0.3, -0.25) is 4.79 Å². The molecule has 0 radical (unpaired) electrons. The molecular weight excluding hydrogens is 242 g/mol. The van der Waals surface area contributed by atoms with E-state index in [-0.39, 0.29) is 18.4 Å². The molecule has 0 bridgehead atoms. The van der Waals surface area contributed by atoms with Crippen LogP contribution in [0.25, 0.3) is 0 Å². The van der Waals surface area contributed by atoms with Crippen LogP contribution in [0.5, 0.6) is 0 Å². The van der Waals surface area contributed by atoms with Crippen LogP contribution in [0.15, 0.2) is 16.8 Å². The van der Waals surface area contributed by atoms with Crippen LogP contribution in [-0.2, 0) is 14.3 Å². The van der Waals surface area contributed by atoms with E-state index in [2.05, 4.69) is 5.32 Å². The first-order chi connectivity index (χ1) is 8.06. The van der Waals surface area contributed by atoms with Crippen LogP contribution >= 0.6 is 11.3 Å². The number of amides is 1. The molecule has 0 aliphatic heterocycles. The number of rotatable bonds is 6. The van der Waals surface area contributed by atoms with Crippen molar-refractivity contribution >= 4 is 23.2 Å². The third-order valence-corrected chi connectivity index (χ3v) is 3.09. The molecule has 5 nitrogen and oxygen atoms in total. The Balaban J connectivity index is 2.61. The van der Waals surface area contributed by atoms with Gasteiger partial charge in [0.15, 0.2) is 6.04 Å². The minimum absolute atomic E-state index is 0.0442. The molecule has 0 aliphatic rings. The molecule has 94 valence electrons. The Labute approximate surface area is 103 Å². The van der Waals surface area contributed by atoms with Crippen molar-refractivity contribution in [2.45, 2.75) is 18.9 Å². The van der Waals surface area contributed by atoms with Crippen molar-refractivity contribution in [1.82, 2.24) is 5.32 Å². The summed E-state index contributed by atoms with van der Waals surface area (Å²) in [7, 11) is 1.39. The summed E-state index contributed by atoms with van der Waals surface area (Å²) in [6.07, 6.45) is 0. The smallest absolute Gasteiger partial charge is 0.328 e. The highest BCUT2D eigenvalue weighted by molar-refractivity contribution is 7.08. The maximum atomic E-state index is 11.8. The van der Waals surface area contributed by atoms with E-state index in [0.717, 1.165) is 5.56 Å². The SMILES string of the molecule is COCC(NC(=O)C(C)c1ccsc1)C(=O)O. The Morgan fingerprint density at radius 1 is 1.59 bits per heavy atom. The second-order valence-corrected chi connectivity index (χ2v) is 4.41. The summed E-state index contributed by atoms with van der Waals surface area (Å²) in [4.78, 5) is 22.6. The van der Waals surface area contributed by atoms with E-state index in [1.54, 1.807) is 6.92 Å². The van der Waals surface area contributed by atoms with Gasteiger partial charge < -0.3 is 15.2 Å². The van der Waals surface area contributed by atoms with Gasteiger partial charge in [-0.15, -0.1) is 0 Å². The number of ether oxygens (including phenoxy) is 1. The zero-order valence-electron chi connectivity index (χ0n) is 9.67. The van der Waals surface area contributed by atoms with Gasteiger partial charge in [-0.2, -0.15) is 11.3 Å². The Bertz CT molecular complexity index is 377. The average molecular weight is 257 g/mol. The summed E-state index contributed by atoms with van der Waals surface area (Å²) in [6, 6.07) is 0.842. The van der Waals surface area contributed by atoms with E-state index in [4.69, 9.17) is 9.84 Å². The fourth-order valence-electron chi connectivity index (χ4n) is 1.31. The fraction of sp³-hybridized carbons (Fsp3) is 0.455. The molecule has 1 aromatic heterocycles. The van der Waals surface area contributed by atoms with Gasteiger partial charge in [0.2, 0.25) is 5.91 Å². The Kier molecular flexibility index (Phi) is 5.11. The topological polar surface area (TPSA) is 75.6 Å². The van der Waals surface area contributed by atoms with Gasteiger partial charge in [-0.25, -0.2) is 4.79 Å². The Hall–Kier alpha value is -1.40. The standard InChI is InChI=1S/C11H15NO4S/c1-7(8-3-4-17-6-8)10(13)12-9(5-16-2)11(14)15/h3-4,6-7,9H,5H2,1-2H3,(H,12,13)(H,14,15). The largest absolute Gasteiger partial charge is 0.480 e. The van der Waals surface area contributed by atoms with Crippen LogP contribution in [0.2, 0.25) is 0 Å². The number of nitrogens with one attached hydrogen (secondary N) is 1. The van der Waals surface area contributed by atoms with E-state index >= 15 is 0 Å². The second-order valence-electron chi connectivity index (χ2n) is 3.63. The van der Waals surface area contributed by atoms with E-state index in [9.17, 15) is 9.59 Å². The first-order valence-corrected chi connectivity index (χ1v) is 6.04. The van der Waals surface area contributed by atoms with Crippen molar-refractivity contribution in [1.29, 1.82) is 0 Å². The molecule has 2 unspecified atom stereocenters. The molecule has 1 aromatic rings. The lowest BCUT2D eigenvalue weighted by molar-refractivity contribution is -0.143. The van der Waals surface area contributed by atoms with Gasteiger partial charge in [-0.1, -0.05) is 0 Å². The number of carboxylic acids is 1. The van der Waals surface area contributed by atoms with E-state index in [0.29, 0.717) is 0 Å². The van der Waals surface area contributed by atoms with Crippen molar-refractivity contribution in [2.75, 3.05) is 13.7 Å². The lowest BCUT2D eigenvalue weighted by Gasteiger charge is -2.16. The quantitative estimate of drug-likeness (QED) is 0.799. The predicted octanol–water partition coefficient (Wildman–Crippen LogP) is 1.07. The average Bonchev–Trinajstić information content (AvgIpc) is 2.80. The van der Waals surface area contributed by atoms with Gasteiger partial charge in [0.25, 0.3) is 0 Å². The Morgan fingerprint density at radius 2 is 2.29 bits per heavy atom. The second kappa shape index (κ2) is 6.36. The number of carboxylic acid groups (broad SMARTS) is 1. The number of carbonyl (C=O) groups excluding carboxylic acids is 1. The van der Waals surface area contributed by atoms with Crippen LogP contribution in [-0.4, -0.2) is 36.7 Å². The predicted molar refractivity (Wildman–Crippen MR) is 64.2 cm³/mol. The third-order valence-electron chi connectivity index (χ3n) is 2.38. The summed E-state index contributed by atoms with van der Waals surface area (Å²) >= 11 is 1.50. The highest BCUT2D eigenvalue weighted by Gasteiger charge is 2.23. The van der Waals surface area contributed by atoms with Gasteiger partial charge in [-0.05, 0) is 29.3 Å². The number of methoxy groups -OCH3 is 1. The zero-order valence-corrected chi connectivity index (χ0v) is 10.5. The minimum atomic E-state index is -1.10. The van der Waals surface area contributed by atoms with E-state index in [1.165, 1.54) is 18.4 Å². The van der Waals surface area contributed by atoms with Crippen LogP contribution in [0.4, 0.5) is 0 Å². The van der Waals surface area contributed by atoms with Gasteiger partial charge in [0.1, 0.15) is 0 Å². The van der Waals surface area contributed by atoms with Crippen LogP contribution in [0.1, 0.15) is 18.4 Å². The maximum absolute atomic E-state index is 11.8. The molecule has 6 heteroatoms. The number of thiophene rings is 1. The number of hydrogen-bond donors (Lipinski definition) is 2. The molecule has 0 fully saturated rings. The lowest BCUT2D eigenvalue weighted by atomic mass is 10.0. The molecule has 0 saturated carbocycles. The molecule has 0 aliphatic carbocycles. The van der Waals surface area contributed by atoms with Gasteiger partial charge in [0.05, 0.1) is 12.5 Å². The maximum Gasteiger partial charge on any atom is 0.328 e. The van der Waals surface area contributed by atoms with Crippen molar-refractivity contribution in [3.05, 3.63) is 22.4 Å². The van der Waals surface area contributed by atoms with Gasteiger partial charge in [0, 0.05) is 7.11 Å². The molecule has 2 N–H and O–H groups in total. The molecule has 0 aromatic carbocycles.